The average Bonchev–Trinajstić information content (AvgIpc) is 2.94. The lowest BCUT2D eigenvalue weighted by molar-refractivity contribution is 0.102. The molecule has 1 amide bonds. The molecule has 6 heteroatoms. The average molecular weight is 304 g/mol. The molecule has 2 rings (SSSR count). The van der Waals surface area contributed by atoms with E-state index in [1.165, 1.54) is 11.3 Å². The molecule has 0 bridgehead atoms. The van der Waals surface area contributed by atoms with Gasteiger partial charge in [0.15, 0.2) is 5.13 Å². The molecule has 0 radical (unpaired) electrons. The third-order valence-electron chi connectivity index (χ3n) is 2.87. The van der Waals surface area contributed by atoms with Crippen molar-refractivity contribution in [3.63, 3.8) is 0 Å². The van der Waals surface area contributed by atoms with Crippen LogP contribution in [0.15, 0.2) is 23.6 Å². The van der Waals surface area contributed by atoms with E-state index in [0.29, 0.717) is 22.6 Å². The zero-order valence-electron chi connectivity index (χ0n) is 12.5. The molecule has 0 saturated carbocycles. The summed E-state index contributed by atoms with van der Waals surface area (Å²) < 4.78 is 0. The summed E-state index contributed by atoms with van der Waals surface area (Å²) in [6, 6.07) is 5.37. The summed E-state index contributed by atoms with van der Waals surface area (Å²) in [5.41, 5.74) is 1.37. The number of aromatic nitrogens is 2. The van der Waals surface area contributed by atoms with Crippen LogP contribution in [0.5, 0.6) is 0 Å². The van der Waals surface area contributed by atoms with Gasteiger partial charge in [-0.3, -0.25) is 10.1 Å². The molecule has 0 aliphatic carbocycles. The summed E-state index contributed by atoms with van der Waals surface area (Å²) in [5, 5.41) is 8.54. The minimum Gasteiger partial charge on any atom is -0.370 e. The highest BCUT2D eigenvalue weighted by Gasteiger charge is 2.12. The highest BCUT2D eigenvalue weighted by Crippen LogP contribution is 2.21. The summed E-state index contributed by atoms with van der Waals surface area (Å²) in [7, 11) is 0. The van der Waals surface area contributed by atoms with Crippen LogP contribution in [0.1, 0.15) is 49.3 Å². The van der Waals surface area contributed by atoms with E-state index in [0.717, 1.165) is 18.7 Å². The Morgan fingerprint density at radius 1 is 1.33 bits per heavy atom. The maximum Gasteiger partial charge on any atom is 0.276 e. The maximum absolute atomic E-state index is 12.2. The second-order valence-electron chi connectivity index (χ2n) is 5.02. The van der Waals surface area contributed by atoms with Crippen molar-refractivity contribution in [1.82, 2.24) is 9.97 Å². The molecule has 2 N–H and O–H groups in total. The highest BCUT2D eigenvalue weighted by atomic mass is 32.1. The smallest absolute Gasteiger partial charge is 0.276 e. The van der Waals surface area contributed by atoms with Gasteiger partial charge in [0.05, 0.1) is 5.69 Å². The van der Waals surface area contributed by atoms with Crippen LogP contribution in [-0.4, -0.2) is 22.4 Å². The lowest BCUT2D eigenvalue weighted by atomic mass is 10.2. The topological polar surface area (TPSA) is 66.9 Å². The van der Waals surface area contributed by atoms with Crippen molar-refractivity contribution in [2.75, 3.05) is 17.2 Å². The summed E-state index contributed by atoms with van der Waals surface area (Å²) in [6.07, 6.45) is 1.01. The quantitative estimate of drug-likeness (QED) is 0.853. The maximum atomic E-state index is 12.2. The Labute approximate surface area is 128 Å². The van der Waals surface area contributed by atoms with Gasteiger partial charge in [0.1, 0.15) is 11.5 Å². The zero-order valence-corrected chi connectivity index (χ0v) is 13.3. The second kappa shape index (κ2) is 7.17. The normalized spacial score (nSPS) is 10.7. The van der Waals surface area contributed by atoms with Crippen molar-refractivity contribution in [3.05, 3.63) is 35.0 Å². The van der Waals surface area contributed by atoms with Gasteiger partial charge < -0.3 is 5.32 Å². The number of amides is 1. The van der Waals surface area contributed by atoms with E-state index >= 15 is 0 Å². The fraction of sp³-hybridized carbons (Fsp3) is 0.400. The second-order valence-corrected chi connectivity index (χ2v) is 5.88. The summed E-state index contributed by atoms with van der Waals surface area (Å²) in [6.45, 7) is 7.07. The lowest BCUT2D eigenvalue weighted by Crippen LogP contribution is -2.14. The van der Waals surface area contributed by atoms with Crippen molar-refractivity contribution < 1.29 is 4.79 Å². The number of anilines is 2. The van der Waals surface area contributed by atoms with E-state index in [1.54, 1.807) is 6.07 Å². The number of hydrogen-bond donors (Lipinski definition) is 2. The number of rotatable bonds is 6. The first-order valence-corrected chi connectivity index (χ1v) is 7.95. The molecule has 0 aliphatic rings. The molecule has 2 aromatic heterocycles. The standard InChI is InChI=1S/C15H20N4OS/c1-4-8-16-13-7-5-6-11(17-13)14(20)19-15-18-12(9-21-15)10(2)3/h5-7,9-10H,4,8H2,1-3H3,(H,16,17)(H,18,19,20). The molecular weight excluding hydrogens is 284 g/mol. The fourth-order valence-corrected chi connectivity index (χ4v) is 2.55. The van der Waals surface area contributed by atoms with E-state index in [-0.39, 0.29) is 5.91 Å². The van der Waals surface area contributed by atoms with Gasteiger partial charge in [-0.1, -0.05) is 26.8 Å². The van der Waals surface area contributed by atoms with Gasteiger partial charge in [-0.2, -0.15) is 0 Å². The summed E-state index contributed by atoms with van der Waals surface area (Å²) in [5.74, 6) is 0.831. The number of pyridine rings is 1. The Kier molecular flexibility index (Phi) is 5.27. The van der Waals surface area contributed by atoms with Crippen molar-refractivity contribution in [2.24, 2.45) is 0 Å². The molecule has 21 heavy (non-hydrogen) atoms. The third kappa shape index (κ3) is 4.26. The van der Waals surface area contributed by atoms with Crippen LogP contribution in [0.2, 0.25) is 0 Å². The first kappa shape index (κ1) is 15.4. The van der Waals surface area contributed by atoms with Crippen LogP contribution >= 0.6 is 11.3 Å². The lowest BCUT2D eigenvalue weighted by Gasteiger charge is -2.06. The Hall–Kier alpha value is -1.95. The molecule has 0 spiro atoms. The first-order chi connectivity index (χ1) is 10.1. The van der Waals surface area contributed by atoms with Crippen molar-refractivity contribution >= 4 is 28.2 Å². The molecule has 0 saturated heterocycles. The van der Waals surface area contributed by atoms with Crippen molar-refractivity contribution in [2.45, 2.75) is 33.1 Å². The van der Waals surface area contributed by atoms with Gasteiger partial charge in [-0.15, -0.1) is 11.3 Å². The van der Waals surface area contributed by atoms with Crippen LogP contribution in [-0.2, 0) is 0 Å². The van der Waals surface area contributed by atoms with E-state index in [4.69, 9.17) is 0 Å². The Morgan fingerprint density at radius 2 is 2.14 bits per heavy atom. The Balaban J connectivity index is 2.05. The number of hydrogen-bond acceptors (Lipinski definition) is 5. The molecule has 5 nitrogen and oxygen atoms in total. The predicted molar refractivity (Wildman–Crippen MR) is 87.2 cm³/mol. The predicted octanol–water partition coefficient (Wildman–Crippen LogP) is 3.74. The molecule has 2 aromatic rings. The Bertz CT molecular complexity index is 609. The van der Waals surface area contributed by atoms with Crippen LogP contribution in [0.25, 0.3) is 0 Å². The molecule has 0 aromatic carbocycles. The van der Waals surface area contributed by atoms with Gasteiger partial charge >= 0.3 is 0 Å². The van der Waals surface area contributed by atoms with Gasteiger partial charge in [-0.25, -0.2) is 9.97 Å². The van der Waals surface area contributed by atoms with Crippen molar-refractivity contribution in [1.29, 1.82) is 0 Å². The molecule has 2 heterocycles. The van der Waals surface area contributed by atoms with Gasteiger partial charge in [0.25, 0.3) is 5.91 Å². The highest BCUT2D eigenvalue weighted by molar-refractivity contribution is 7.14. The molecule has 0 unspecified atom stereocenters. The van der Waals surface area contributed by atoms with Crippen LogP contribution in [0.3, 0.4) is 0 Å². The zero-order chi connectivity index (χ0) is 15.2. The summed E-state index contributed by atoms with van der Waals surface area (Å²) in [4.78, 5) is 20.9. The largest absolute Gasteiger partial charge is 0.370 e. The number of nitrogens with zero attached hydrogens (tertiary/aromatic N) is 2. The molecule has 0 atom stereocenters. The molecular formula is C15H20N4OS. The molecule has 0 aliphatic heterocycles. The number of carbonyl (C=O) groups excluding carboxylic acids is 1. The van der Waals surface area contributed by atoms with E-state index in [9.17, 15) is 4.79 Å². The van der Waals surface area contributed by atoms with E-state index in [2.05, 4.69) is 41.4 Å². The van der Waals surface area contributed by atoms with Gasteiger partial charge in [0.2, 0.25) is 0 Å². The summed E-state index contributed by atoms with van der Waals surface area (Å²) >= 11 is 1.43. The molecule has 0 fully saturated rings. The van der Waals surface area contributed by atoms with E-state index < -0.39 is 0 Å². The van der Waals surface area contributed by atoms with Gasteiger partial charge in [-0.05, 0) is 24.5 Å². The monoisotopic (exact) mass is 304 g/mol. The number of nitrogens with one attached hydrogen (secondary N) is 2. The number of carbonyl (C=O) groups is 1. The van der Waals surface area contributed by atoms with Crippen LogP contribution in [0, 0.1) is 0 Å². The van der Waals surface area contributed by atoms with Crippen LogP contribution in [0.4, 0.5) is 10.9 Å². The van der Waals surface area contributed by atoms with Crippen LogP contribution < -0.4 is 10.6 Å². The third-order valence-corrected chi connectivity index (χ3v) is 3.65. The van der Waals surface area contributed by atoms with Crippen molar-refractivity contribution in [3.8, 4) is 0 Å². The minimum absolute atomic E-state index is 0.236. The SMILES string of the molecule is CCCNc1cccc(C(=O)Nc2nc(C(C)C)cs2)n1. The van der Waals surface area contributed by atoms with E-state index in [1.807, 2.05) is 17.5 Å². The molecule has 112 valence electrons. The Morgan fingerprint density at radius 3 is 2.81 bits per heavy atom. The fourth-order valence-electron chi connectivity index (χ4n) is 1.68. The first-order valence-electron chi connectivity index (χ1n) is 7.08. The minimum atomic E-state index is -0.236. The van der Waals surface area contributed by atoms with Gasteiger partial charge in [0, 0.05) is 11.9 Å². The number of thiazole rings is 1.